The fraction of sp³-hybridized carbons (Fsp3) is 0.938. The fourth-order valence-electron chi connectivity index (χ4n) is 6.84. The number of hydrogen-bond donors (Lipinski definition) is 2. The van der Waals surface area contributed by atoms with Crippen molar-refractivity contribution in [2.24, 2.45) is 0 Å². The third-order valence-electron chi connectivity index (χ3n) is 7.78. The van der Waals surface area contributed by atoms with Crippen LogP contribution in [0, 0.1) is 0 Å². The Labute approximate surface area is 264 Å². The van der Waals surface area contributed by atoms with Crippen molar-refractivity contribution in [1.82, 2.24) is 10.6 Å². The average molecular weight is 633 g/mol. The van der Waals surface area contributed by atoms with E-state index in [1.807, 2.05) is 0 Å². The number of unbranched alkanes of at least 4 members (excludes halogenated alkanes) is 4. The van der Waals surface area contributed by atoms with Crippen LogP contribution in [0.5, 0.6) is 0 Å². The number of carbonyl (C=O) groups is 2. The minimum absolute atomic E-state index is 0.108. The lowest BCUT2D eigenvalue weighted by molar-refractivity contribution is -0.160. The van der Waals surface area contributed by atoms with Gasteiger partial charge in [-0.1, -0.05) is 39.0 Å². The van der Waals surface area contributed by atoms with E-state index in [4.69, 9.17) is 18.9 Å². The number of carbonyl (C=O) groups excluding carboxylic acids is 2. The van der Waals surface area contributed by atoms with Crippen molar-refractivity contribution in [2.75, 3.05) is 14.2 Å². The zero-order valence-corrected chi connectivity index (χ0v) is 29.9. The topological polar surface area (TPSA) is 95.1 Å². The number of ether oxygens (including phenoxy) is 4. The fourth-order valence-corrected chi connectivity index (χ4v) is 9.41. The number of piperidine rings is 2. The van der Waals surface area contributed by atoms with Crippen molar-refractivity contribution in [3.63, 3.8) is 0 Å². The Morgan fingerprint density at radius 2 is 1.02 bits per heavy atom. The minimum Gasteiger partial charge on any atom is -0.460 e. The summed E-state index contributed by atoms with van der Waals surface area (Å²) in [6.07, 6.45) is 9.04. The number of hydrogen-bond acceptors (Lipinski definition) is 10. The van der Waals surface area contributed by atoms with E-state index in [0.717, 1.165) is 44.9 Å². The Morgan fingerprint density at radius 1 is 0.667 bits per heavy atom. The maximum Gasteiger partial charge on any atom is 0.346 e. The highest BCUT2D eigenvalue weighted by Gasteiger charge is 2.42. The van der Waals surface area contributed by atoms with Gasteiger partial charge in [0.1, 0.15) is 12.2 Å². The van der Waals surface area contributed by atoms with E-state index in [1.165, 1.54) is 42.8 Å². The number of esters is 2. The molecule has 2 N–H and O–H groups in total. The van der Waals surface area contributed by atoms with Crippen molar-refractivity contribution in [3.05, 3.63) is 0 Å². The first-order valence-corrected chi connectivity index (χ1v) is 17.6. The highest BCUT2D eigenvalue weighted by Crippen LogP contribution is 2.38. The second-order valence-corrected chi connectivity index (χ2v) is 17.6. The SMILES string of the molecule is CCCCCCCC(SC(OC)C(=O)OC1CC(C)(C)NC(C)(C)C1)SC(OC)C(=O)OC1CC(C)(C)NC(C)(C)C1. The number of nitrogens with one attached hydrogen (secondary N) is 2. The van der Waals surface area contributed by atoms with Crippen molar-refractivity contribution in [3.8, 4) is 0 Å². The monoisotopic (exact) mass is 632 g/mol. The third-order valence-corrected chi connectivity index (χ3v) is 10.8. The molecule has 8 nitrogen and oxygen atoms in total. The molecule has 0 radical (unpaired) electrons. The molecule has 2 atom stereocenters. The van der Waals surface area contributed by atoms with Gasteiger partial charge in [0.15, 0.2) is 0 Å². The van der Waals surface area contributed by atoms with Gasteiger partial charge in [0.2, 0.25) is 10.9 Å². The maximum absolute atomic E-state index is 13.4. The molecule has 246 valence electrons. The molecule has 2 saturated heterocycles. The Hall–Kier alpha value is -0.520. The average Bonchev–Trinajstić information content (AvgIpc) is 2.80. The summed E-state index contributed by atoms with van der Waals surface area (Å²) in [6.45, 7) is 19.3. The van der Waals surface area contributed by atoms with Gasteiger partial charge in [-0.3, -0.25) is 0 Å². The normalized spacial score (nSPS) is 24.0. The molecule has 2 aliphatic rings. The van der Waals surface area contributed by atoms with E-state index in [9.17, 15) is 9.59 Å². The van der Waals surface area contributed by atoms with Gasteiger partial charge in [-0.15, -0.1) is 23.5 Å². The van der Waals surface area contributed by atoms with E-state index in [-0.39, 0.29) is 50.9 Å². The Morgan fingerprint density at radius 3 is 1.36 bits per heavy atom. The van der Waals surface area contributed by atoms with Crippen LogP contribution in [0.3, 0.4) is 0 Å². The first kappa shape index (κ1) is 37.7. The summed E-state index contributed by atoms with van der Waals surface area (Å²) in [7, 11) is 3.09. The molecular formula is C32H60N2O6S2. The minimum atomic E-state index is -0.793. The van der Waals surface area contributed by atoms with Gasteiger partial charge >= 0.3 is 11.9 Å². The molecule has 0 aromatic heterocycles. The molecule has 2 fully saturated rings. The molecule has 2 aliphatic heterocycles. The molecule has 0 aliphatic carbocycles. The standard InChI is InChI=1S/C32H60N2O6S2/c1-12-13-14-15-16-17-24(41-27(37-10)25(35)39-22-18-29(2,3)33-30(4,5)19-22)42-28(38-11)26(36)40-23-20-31(6,7)34-32(8,9)21-23/h22-24,27-28,33-34H,12-21H2,1-11H3. The van der Waals surface area contributed by atoms with Crippen LogP contribution >= 0.6 is 23.5 Å². The summed E-state index contributed by atoms with van der Waals surface area (Å²) in [5.74, 6) is -0.735. The first-order valence-electron chi connectivity index (χ1n) is 15.8. The largest absolute Gasteiger partial charge is 0.460 e. The van der Waals surface area contributed by atoms with Gasteiger partial charge in [0.05, 0.1) is 4.58 Å². The van der Waals surface area contributed by atoms with Gasteiger partial charge in [0, 0.05) is 62.1 Å². The number of rotatable bonds is 16. The quantitative estimate of drug-likeness (QED) is 0.108. The molecule has 0 amide bonds. The zero-order chi connectivity index (χ0) is 31.8. The number of methoxy groups -OCH3 is 2. The second kappa shape index (κ2) is 16.2. The smallest absolute Gasteiger partial charge is 0.346 e. The van der Waals surface area contributed by atoms with E-state index in [2.05, 4.69) is 72.9 Å². The van der Waals surface area contributed by atoms with Crippen LogP contribution in [0.25, 0.3) is 0 Å². The van der Waals surface area contributed by atoms with Crippen LogP contribution in [0.4, 0.5) is 0 Å². The van der Waals surface area contributed by atoms with Crippen LogP contribution in [0.2, 0.25) is 0 Å². The molecule has 10 heteroatoms. The second-order valence-electron chi connectivity index (χ2n) is 14.8. The molecule has 0 aromatic rings. The number of thioether (sulfide) groups is 2. The van der Waals surface area contributed by atoms with Crippen LogP contribution in [-0.4, -0.2) is 76.0 Å². The van der Waals surface area contributed by atoms with Crippen molar-refractivity contribution < 1.29 is 28.5 Å². The van der Waals surface area contributed by atoms with E-state index in [0.29, 0.717) is 0 Å². The van der Waals surface area contributed by atoms with Crippen LogP contribution in [0.15, 0.2) is 0 Å². The van der Waals surface area contributed by atoms with Crippen LogP contribution < -0.4 is 10.6 Å². The molecule has 2 unspecified atom stereocenters. The summed E-state index contributed by atoms with van der Waals surface area (Å²) < 4.78 is 23.3. The lowest BCUT2D eigenvalue weighted by Gasteiger charge is -2.46. The van der Waals surface area contributed by atoms with Gasteiger partial charge in [-0.05, 0) is 61.8 Å². The molecule has 2 heterocycles. The van der Waals surface area contributed by atoms with Crippen LogP contribution in [-0.2, 0) is 28.5 Å². The molecule has 0 saturated carbocycles. The lowest BCUT2D eigenvalue weighted by atomic mass is 9.81. The van der Waals surface area contributed by atoms with E-state index < -0.39 is 10.9 Å². The predicted molar refractivity (Wildman–Crippen MR) is 175 cm³/mol. The predicted octanol–water partition coefficient (Wildman–Crippen LogP) is 6.79. The summed E-state index contributed by atoms with van der Waals surface area (Å²) in [6, 6.07) is 0. The van der Waals surface area contributed by atoms with E-state index >= 15 is 0 Å². The highest BCUT2D eigenvalue weighted by atomic mass is 32.2. The van der Waals surface area contributed by atoms with Gasteiger partial charge in [0.25, 0.3) is 0 Å². The Balaban J connectivity index is 2.09. The summed E-state index contributed by atoms with van der Waals surface area (Å²) >= 11 is 2.82. The van der Waals surface area contributed by atoms with Gasteiger partial charge in [-0.2, -0.15) is 0 Å². The van der Waals surface area contributed by atoms with Crippen molar-refractivity contribution >= 4 is 35.5 Å². The van der Waals surface area contributed by atoms with Crippen LogP contribution in [0.1, 0.15) is 127 Å². The van der Waals surface area contributed by atoms with E-state index in [1.54, 1.807) is 14.2 Å². The molecular weight excluding hydrogens is 572 g/mol. The Kier molecular flexibility index (Phi) is 14.5. The Bertz CT molecular complexity index is 772. The zero-order valence-electron chi connectivity index (χ0n) is 28.2. The maximum atomic E-state index is 13.4. The first-order chi connectivity index (χ1) is 19.4. The molecule has 42 heavy (non-hydrogen) atoms. The van der Waals surface area contributed by atoms with Crippen molar-refractivity contribution in [2.45, 2.75) is 176 Å². The van der Waals surface area contributed by atoms with Gasteiger partial charge in [-0.25, -0.2) is 9.59 Å². The third kappa shape index (κ3) is 13.2. The summed E-state index contributed by atoms with van der Waals surface area (Å²) in [5.41, 5.74) is -2.12. The van der Waals surface area contributed by atoms with Gasteiger partial charge < -0.3 is 29.6 Å². The molecule has 2 rings (SSSR count). The summed E-state index contributed by atoms with van der Waals surface area (Å²) in [4.78, 5) is 26.7. The van der Waals surface area contributed by atoms with Crippen molar-refractivity contribution in [1.29, 1.82) is 0 Å². The highest BCUT2D eigenvalue weighted by molar-refractivity contribution is 8.18. The summed E-state index contributed by atoms with van der Waals surface area (Å²) in [5, 5.41) is 7.27. The molecule has 0 aromatic carbocycles. The molecule has 0 bridgehead atoms. The molecule has 0 spiro atoms. The lowest BCUT2D eigenvalue weighted by Crippen LogP contribution is -2.60.